The SMILES string of the molecule is O=C(O)c1ccc2c(c1)nc(-c1ccc(C(F)(F)F)cn1)c1cccn12. The first-order valence-electron chi connectivity index (χ1n) is 7.52. The van der Waals surface area contributed by atoms with Gasteiger partial charge in [0.1, 0.15) is 5.69 Å². The number of fused-ring (bicyclic) bond motifs is 3. The third kappa shape index (κ3) is 2.55. The van der Waals surface area contributed by atoms with Crippen molar-refractivity contribution in [3.05, 3.63) is 66.0 Å². The number of hydrogen-bond acceptors (Lipinski definition) is 3. The van der Waals surface area contributed by atoms with Gasteiger partial charge in [-0.1, -0.05) is 0 Å². The molecule has 0 atom stereocenters. The lowest BCUT2D eigenvalue weighted by Crippen LogP contribution is -2.05. The van der Waals surface area contributed by atoms with Crippen molar-refractivity contribution < 1.29 is 23.1 Å². The number of pyridine rings is 1. The molecule has 0 spiro atoms. The molecule has 0 aliphatic carbocycles. The Morgan fingerprint density at radius 3 is 2.54 bits per heavy atom. The number of benzene rings is 1. The molecule has 0 aliphatic heterocycles. The number of hydrogen-bond donors (Lipinski definition) is 1. The summed E-state index contributed by atoms with van der Waals surface area (Å²) in [6, 6.07) is 10.3. The molecule has 26 heavy (non-hydrogen) atoms. The molecule has 8 heteroatoms. The second kappa shape index (κ2) is 5.55. The smallest absolute Gasteiger partial charge is 0.417 e. The number of carbonyl (C=O) groups is 1. The summed E-state index contributed by atoms with van der Waals surface area (Å²) in [5.41, 5.74) is 1.62. The first-order chi connectivity index (χ1) is 12.3. The summed E-state index contributed by atoms with van der Waals surface area (Å²) in [7, 11) is 0. The third-order valence-corrected chi connectivity index (χ3v) is 4.04. The van der Waals surface area contributed by atoms with E-state index in [1.54, 1.807) is 28.8 Å². The summed E-state index contributed by atoms with van der Waals surface area (Å²) in [6.45, 7) is 0. The van der Waals surface area contributed by atoms with Crippen LogP contribution in [0.3, 0.4) is 0 Å². The lowest BCUT2D eigenvalue weighted by Gasteiger charge is -2.10. The number of aromatic nitrogens is 3. The Balaban J connectivity index is 1.95. The lowest BCUT2D eigenvalue weighted by atomic mass is 10.1. The van der Waals surface area contributed by atoms with E-state index in [9.17, 15) is 18.0 Å². The van der Waals surface area contributed by atoms with Crippen LogP contribution < -0.4 is 0 Å². The topological polar surface area (TPSA) is 67.5 Å². The molecule has 0 aliphatic rings. The average Bonchev–Trinajstić information content (AvgIpc) is 3.09. The largest absolute Gasteiger partial charge is 0.478 e. The number of aromatic carboxylic acids is 1. The minimum absolute atomic E-state index is 0.0721. The van der Waals surface area contributed by atoms with Crippen LogP contribution in [0.25, 0.3) is 27.9 Å². The molecule has 3 heterocycles. The molecule has 0 amide bonds. The third-order valence-electron chi connectivity index (χ3n) is 4.04. The normalized spacial score (nSPS) is 12.0. The van der Waals surface area contributed by atoms with Gasteiger partial charge in [0.25, 0.3) is 0 Å². The second-order valence-electron chi connectivity index (χ2n) is 5.66. The van der Waals surface area contributed by atoms with Crippen molar-refractivity contribution in [2.24, 2.45) is 0 Å². The van der Waals surface area contributed by atoms with Crippen molar-refractivity contribution in [2.45, 2.75) is 6.18 Å². The highest BCUT2D eigenvalue weighted by atomic mass is 19.4. The standard InChI is InChI=1S/C18H10F3N3O2/c19-18(20,21)11-4-5-12(22-9-11)16-15-2-1-7-24(15)14-6-3-10(17(25)26)8-13(14)23-16/h1-9H,(H,25,26). The summed E-state index contributed by atoms with van der Waals surface area (Å²) in [4.78, 5) is 19.5. The first kappa shape index (κ1) is 16.1. The molecule has 0 bridgehead atoms. The Morgan fingerprint density at radius 1 is 1.08 bits per heavy atom. The zero-order valence-electron chi connectivity index (χ0n) is 13.0. The highest BCUT2D eigenvalue weighted by molar-refractivity contribution is 5.94. The number of carboxylic acids is 1. The van der Waals surface area contributed by atoms with E-state index in [1.807, 2.05) is 0 Å². The molecular formula is C18H10F3N3O2. The number of halogens is 3. The maximum absolute atomic E-state index is 12.7. The molecule has 1 N–H and O–H groups in total. The maximum atomic E-state index is 12.7. The van der Waals surface area contributed by atoms with E-state index in [0.717, 1.165) is 12.3 Å². The van der Waals surface area contributed by atoms with E-state index in [2.05, 4.69) is 9.97 Å². The lowest BCUT2D eigenvalue weighted by molar-refractivity contribution is -0.137. The van der Waals surface area contributed by atoms with Gasteiger partial charge >= 0.3 is 12.1 Å². The molecule has 4 aromatic rings. The molecule has 0 radical (unpaired) electrons. The van der Waals surface area contributed by atoms with Gasteiger partial charge < -0.3 is 9.51 Å². The highest BCUT2D eigenvalue weighted by Gasteiger charge is 2.30. The fourth-order valence-electron chi connectivity index (χ4n) is 2.80. The highest BCUT2D eigenvalue weighted by Crippen LogP contribution is 2.31. The molecule has 1 aromatic carbocycles. The van der Waals surface area contributed by atoms with Gasteiger partial charge in [-0.15, -0.1) is 0 Å². The quantitative estimate of drug-likeness (QED) is 0.582. The summed E-state index contributed by atoms with van der Waals surface area (Å²) >= 11 is 0. The van der Waals surface area contributed by atoms with Crippen LogP contribution in [-0.2, 0) is 6.18 Å². The van der Waals surface area contributed by atoms with E-state index < -0.39 is 17.7 Å². The Morgan fingerprint density at radius 2 is 1.88 bits per heavy atom. The minimum atomic E-state index is -4.47. The average molecular weight is 357 g/mol. The number of carboxylic acid groups (broad SMARTS) is 1. The first-order valence-corrected chi connectivity index (χ1v) is 7.52. The second-order valence-corrected chi connectivity index (χ2v) is 5.66. The van der Waals surface area contributed by atoms with Crippen LogP contribution in [-0.4, -0.2) is 25.4 Å². The summed E-state index contributed by atoms with van der Waals surface area (Å²) in [5.74, 6) is -1.09. The van der Waals surface area contributed by atoms with Crippen LogP contribution in [0.1, 0.15) is 15.9 Å². The number of nitrogens with zero attached hydrogens (tertiary/aromatic N) is 3. The zero-order chi connectivity index (χ0) is 18.5. The predicted octanol–water partition coefficient (Wildman–Crippen LogP) is 4.27. The van der Waals surface area contributed by atoms with Gasteiger partial charge in [0, 0.05) is 12.4 Å². The molecule has 130 valence electrons. The van der Waals surface area contributed by atoms with Gasteiger partial charge in [-0.2, -0.15) is 13.2 Å². The maximum Gasteiger partial charge on any atom is 0.417 e. The van der Waals surface area contributed by atoms with Crippen LogP contribution >= 0.6 is 0 Å². The van der Waals surface area contributed by atoms with Crippen LogP contribution in [0, 0.1) is 0 Å². The Bertz CT molecular complexity index is 1150. The molecule has 0 unspecified atom stereocenters. The molecule has 3 aromatic heterocycles. The molecule has 0 saturated heterocycles. The van der Waals surface area contributed by atoms with Gasteiger partial charge in [-0.3, -0.25) is 4.98 Å². The van der Waals surface area contributed by atoms with Crippen LogP contribution in [0.5, 0.6) is 0 Å². The summed E-state index contributed by atoms with van der Waals surface area (Å²) in [5, 5.41) is 9.16. The predicted molar refractivity (Wildman–Crippen MR) is 87.9 cm³/mol. The van der Waals surface area contributed by atoms with E-state index in [-0.39, 0.29) is 11.3 Å². The minimum Gasteiger partial charge on any atom is -0.478 e. The van der Waals surface area contributed by atoms with E-state index in [0.29, 0.717) is 22.2 Å². The fraction of sp³-hybridized carbons (Fsp3) is 0.0556. The van der Waals surface area contributed by atoms with Gasteiger partial charge in [-0.05, 0) is 42.5 Å². The Kier molecular flexibility index (Phi) is 3.43. The van der Waals surface area contributed by atoms with Crippen molar-refractivity contribution in [1.82, 2.24) is 14.4 Å². The molecule has 4 rings (SSSR count). The van der Waals surface area contributed by atoms with Crippen LogP contribution in [0.4, 0.5) is 13.2 Å². The van der Waals surface area contributed by atoms with Crippen LogP contribution in [0.2, 0.25) is 0 Å². The number of alkyl halides is 3. The molecule has 5 nitrogen and oxygen atoms in total. The zero-order valence-corrected chi connectivity index (χ0v) is 13.0. The van der Waals surface area contributed by atoms with E-state index in [4.69, 9.17) is 5.11 Å². The molecular weight excluding hydrogens is 347 g/mol. The molecule has 0 fully saturated rings. The summed E-state index contributed by atoms with van der Waals surface area (Å²) in [6.07, 6.45) is -1.94. The van der Waals surface area contributed by atoms with E-state index in [1.165, 1.54) is 18.2 Å². The van der Waals surface area contributed by atoms with Gasteiger partial charge in [-0.25, -0.2) is 9.78 Å². The van der Waals surface area contributed by atoms with Gasteiger partial charge in [0.2, 0.25) is 0 Å². The Hall–Kier alpha value is -3.42. The number of rotatable bonds is 2. The van der Waals surface area contributed by atoms with Crippen molar-refractivity contribution in [3.8, 4) is 11.4 Å². The summed E-state index contributed by atoms with van der Waals surface area (Å²) < 4.78 is 40.0. The molecule has 0 saturated carbocycles. The van der Waals surface area contributed by atoms with E-state index >= 15 is 0 Å². The van der Waals surface area contributed by atoms with Crippen molar-refractivity contribution in [2.75, 3.05) is 0 Å². The van der Waals surface area contributed by atoms with Crippen molar-refractivity contribution in [3.63, 3.8) is 0 Å². The fourth-order valence-corrected chi connectivity index (χ4v) is 2.80. The van der Waals surface area contributed by atoms with Crippen molar-refractivity contribution in [1.29, 1.82) is 0 Å². The Labute approximate surface area is 144 Å². The van der Waals surface area contributed by atoms with Gasteiger partial charge in [0.15, 0.2) is 0 Å². The van der Waals surface area contributed by atoms with Gasteiger partial charge in [0.05, 0.1) is 33.4 Å². The monoisotopic (exact) mass is 357 g/mol. The van der Waals surface area contributed by atoms with Crippen LogP contribution in [0.15, 0.2) is 54.9 Å². The van der Waals surface area contributed by atoms with Crippen molar-refractivity contribution >= 4 is 22.5 Å².